The summed E-state index contributed by atoms with van der Waals surface area (Å²) in [6.45, 7) is -0.122. The second kappa shape index (κ2) is 6.12. The van der Waals surface area contributed by atoms with Gasteiger partial charge in [0.1, 0.15) is 10.7 Å². The van der Waals surface area contributed by atoms with Crippen molar-refractivity contribution in [1.82, 2.24) is 4.72 Å². The normalized spacial score (nSPS) is 11.3. The van der Waals surface area contributed by atoms with Gasteiger partial charge in [-0.25, -0.2) is 17.5 Å². The zero-order chi connectivity index (χ0) is 13.8. The summed E-state index contributed by atoms with van der Waals surface area (Å²) in [5, 5.41) is -0.222. The predicted molar refractivity (Wildman–Crippen MR) is 63.2 cm³/mol. The second-order valence-electron chi connectivity index (χ2n) is 3.30. The summed E-state index contributed by atoms with van der Waals surface area (Å²) in [5.41, 5.74) is 0. The minimum absolute atomic E-state index is 0.103. The lowest BCUT2D eigenvalue weighted by molar-refractivity contribution is -0.140. The quantitative estimate of drug-likeness (QED) is 0.832. The number of carbonyl (C=O) groups is 1. The Morgan fingerprint density at radius 2 is 2.17 bits per heavy atom. The Morgan fingerprint density at radius 1 is 1.50 bits per heavy atom. The first kappa shape index (κ1) is 14.9. The van der Waals surface area contributed by atoms with Crippen LogP contribution in [-0.4, -0.2) is 28.0 Å². The predicted octanol–water partition coefficient (Wildman–Crippen LogP) is 1.32. The van der Waals surface area contributed by atoms with E-state index in [1.54, 1.807) is 0 Å². The van der Waals surface area contributed by atoms with Crippen LogP contribution in [0, 0.1) is 5.82 Å². The van der Waals surface area contributed by atoms with Crippen LogP contribution in [0.25, 0.3) is 0 Å². The molecule has 0 saturated carbocycles. The van der Waals surface area contributed by atoms with Gasteiger partial charge in [-0.3, -0.25) is 4.79 Å². The van der Waals surface area contributed by atoms with Gasteiger partial charge >= 0.3 is 5.97 Å². The summed E-state index contributed by atoms with van der Waals surface area (Å²) in [6, 6.07) is 2.94. The van der Waals surface area contributed by atoms with Crippen LogP contribution in [-0.2, 0) is 19.6 Å². The van der Waals surface area contributed by atoms with Crippen molar-refractivity contribution in [3.05, 3.63) is 29.0 Å². The summed E-state index contributed by atoms with van der Waals surface area (Å²) in [7, 11) is -2.67. The molecule has 100 valence electrons. The van der Waals surface area contributed by atoms with E-state index < -0.39 is 21.8 Å². The number of nitrogens with one attached hydrogen (secondary N) is 1. The highest BCUT2D eigenvalue weighted by Gasteiger charge is 2.18. The third kappa shape index (κ3) is 3.94. The summed E-state index contributed by atoms with van der Waals surface area (Å²) in [4.78, 5) is 10.6. The lowest BCUT2D eigenvalue weighted by atomic mass is 10.3. The van der Waals surface area contributed by atoms with E-state index in [2.05, 4.69) is 9.46 Å². The van der Waals surface area contributed by atoms with E-state index in [-0.39, 0.29) is 22.9 Å². The highest BCUT2D eigenvalue weighted by molar-refractivity contribution is 7.89. The molecule has 0 bridgehead atoms. The van der Waals surface area contributed by atoms with Gasteiger partial charge in [-0.1, -0.05) is 11.6 Å². The number of esters is 1. The maximum atomic E-state index is 12.8. The highest BCUT2D eigenvalue weighted by atomic mass is 35.5. The topological polar surface area (TPSA) is 72.5 Å². The van der Waals surface area contributed by atoms with Gasteiger partial charge in [0.05, 0.1) is 18.6 Å². The Labute approximate surface area is 109 Å². The Hall–Kier alpha value is -1.18. The Bertz CT molecular complexity index is 547. The molecule has 1 rings (SSSR count). The van der Waals surface area contributed by atoms with Crippen molar-refractivity contribution in [1.29, 1.82) is 0 Å². The van der Waals surface area contributed by atoms with Crippen molar-refractivity contribution < 1.29 is 22.3 Å². The molecule has 5 nitrogen and oxygen atoms in total. The fourth-order valence-electron chi connectivity index (χ4n) is 1.16. The third-order valence-electron chi connectivity index (χ3n) is 2.03. The summed E-state index contributed by atoms with van der Waals surface area (Å²) in [6.07, 6.45) is -0.103. The highest BCUT2D eigenvalue weighted by Crippen LogP contribution is 2.21. The van der Waals surface area contributed by atoms with Crippen LogP contribution in [0.15, 0.2) is 23.1 Å². The molecule has 0 aliphatic heterocycles. The number of carbonyl (C=O) groups excluding carboxylic acids is 1. The lowest BCUT2D eigenvalue weighted by Crippen LogP contribution is -2.26. The first-order valence-corrected chi connectivity index (χ1v) is 6.74. The fraction of sp³-hybridized carbons (Fsp3) is 0.300. The number of ether oxygens (including phenoxy) is 1. The molecule has 0 fully saturated rings. The Morgan fingerprint density at radius 3 is 2.72 bits per heavy atom. The van der Waals surface area contributed by atoms with Gasteiger partial charge in [0, 0.05) is 6.54 Å². The van der Waals surface area contributed by atoms with Crippen molar-refractivity contribution in [2.24, 2.45) is 0 Å². The largest absolute Gasteiger partial charge is 0.469 e. The van der Waals surface area contributed by atoms with Crippen molar-refractivity contribution in [3.63, 3.8) is 0 Å². The van der Waals surface area contributed by atoms with Crippen LogP contribution < -0.4 is 4.72 Å². The zero-order valence-electron chi connectivity index (χ0n) is 9.44. The van der Waals surface area contributed by atoms with Gasteiger partial charge in [-0.2, -0.15) is 0 Å². The molecule has 0 spiro atoms. The van der Waals surface area contributed by atoms with Crippen LogP contribution >= 0.6 is 11.6 Å². The molecule has 0 unspecified atom stereocenters. The van der Waals surface area contributed by atoms with E-state index in [1.165, 1.54) is 7.11 Å². The molecule has 0 saturated heterocycles. The molecular formula is C10H11ClFNO4S. The van der Waals surface area contributed by atoms with Gasteiger partial charge in [-0.15, -0.1) is 0 Å². The molecular weight excluding hydrogens is 285 g/mol. The fourth-order valence-corrected chi connectivity index (χ4v) is 2.72. The maximum Gasteiger partial charge on any atom is 0.306 e. The average molecular weight is 296 g/mol. The number of sulfonamides is 1. The average Bonchev–Trinajstić information content (AvgIpc) is 2.27. The Kier molecular flexibility index (Phi) is 5.06. The van der Waals surface area contributed by atoms with Crippen LogP contribution in [0.4, 0.5) is 4.39 Å². The molecule has 8 heteroatoms. The molecule has 18 heavy (non-hydrogen) atoms. The number of methoxy groups -OCH3 is 1. The van der Waals surface area contributed by atoms with E-state index in [9.17, 15) is 17.6 Å². The number of rotatable bonds is 5. The van der Waals surface area contributed by atoms with E-state index >= 15 is 0 Å². The van der Waals surface area contributed by atoms with Crippen LogP contribution in [0.5, 0.6) is 0 Å². The maximum absolute atomic E-state index is 12.8. The van der Waals surface area contributed by atoms with E-state index in [4.69, 9.17) is 11.6 Å². The molecule has 0 radical (unpaired) electrons. The van der Waals surface area contributed by atoms with Crippen LogP contribution in [0.3, 0.4) is 0 Å². The van der Waals surface area contributed by atoms with Gasteiger partial charge in [0.15, 0.2) is 0 Å². The monoisotopic (exact) mass is 295 g/mol. The van der Waals surface area contributed by atoms with E-state index in [0.717, 1.165) is 18.2 Å². The molecule has 0 atom stereocenters. The minimum atomic E-state index is -3.87. The number of hydrogen-bond acceptors (Lipinski definition) is 4. The summed E-state index contributed by atoms with van der Waals surface area (Å²) >= 11 is 5.63. The zero-order valence-corrected chi connectivity index (χ0v) is 11.0. The number of hydrogen-bond donors (Lipinski definition) is 1. The molecule has 1 aromatic carbocycles. The number of benzene rings is 1. The van der Waals surface area contributed by atoms with Crippen LogP contribution in [0.2, 0.25) is 5.02 Å². The smallest absolute Gasteiger partial charge is 0.306 e. The van der Waals surface area contributed by atoms with Gasteiger partial charge < -0.3 is 4.74 Å². The molecule has 0 amide bonds. The van der Waals surface area contributed by atoms with Crippen molar-refractivity contribution >= 4 is 27.6 Å². The summed E-state index contributed by atoms with van der Waals surface area (Å²) < 4.78 is 42.8. The SMILES string of the molecule is COC(=O)CCNS(=O)(=O)c1ccc(F)cc1Cl. The van der Waals surface area contributed by atoms with Gasteiger partial charge in [0.2, 0.25) is 10.0 Å². The molecule has 0 heterocycles. The van der Waals surface area contributed by atoms with E-state index in [1.807, 2.05) is 0 Å². The molecule has 0 aromatic heterocycles. The minimum Gasteiger partial charge on any atom is -0.469 e. The van der Waals surface area contributed by atoms with Crippen molar-refractivity contribution in [2.45, 2.75) is 11.3 Å². The second-order valence-corrected chi connectivity index (χ2v) is 5.44. The first-order valence-electron chi connectivity index (χ1n) is 4.88. The first-order chi connectivity index (χ1) is 8.36. The molecule has 1 N–H and O–H groups in total. The standard InChI is InChI=1S/C10H11ClFNO4S/c1-17-10(14)4-5-13-18(15,16)9-3-2-7(12)6-8(9)11/h2-3,6,13H,4-5H2,1H3. The molecule has 0 aliphatic carbocycles. The number of halogens is 2. The summed E-state index contributed by atoms with van der Waals surface area (Å²) in [5.74, 6) is -1.17. The lowest BCUT2D eigenvalue weighted by Gasteiger charge is -2.07. The molecule has 1 aromatic rings. The van der Waals surface area contributed by atoms with E-state index in [0.29, 0.717) is 0 Å². The van der Waals surface area contributed by atoms with Crippen molar-refractivity contribution in [2.75, 3.05) is 13.7 Å². The van der Waals surface area contributed by atoms with Gasteiger partial charge in [-0.05, 0) is 18.2 Å². The van der Waals surface area contributed by atoms with Crippen molar-refractivity contribution in [3.8, 4) is 0 Å². The Balaban J connectivity index is 2.77. The third-order valence-corrected chi connectivity index (χ3v) is 3.98. The van der Waals surface area contributed by atoms with Crippen LogP contribution in [0.1, 0.15) is 6.42 Å². The van der Waals surface area contributed by atoms with Gasteiger partial charge in [0.25, 0.3) is 0 Å². The molecule has 0 aliphatic rings.